The van der Waals surface area contributed by atoms with Crippen LogP contribution < -0.4 is 0 Å². The third-order valence-corrected chi connectivity index (χ3v) is 3.50. The summed E-state index contributed by atoms with van der Waals surface area (Å²) >= 11 is 0.802. The van der Waals surface area contributed by atoms with Gasteiger partial charge in [-0.15, -0.1) is 11.8 Å². The quantitative estimate of drug-likeness (QED) is 0.470. The first-order valence-electron chi connectivity index (χ1n) is 5.76. The summed E-state index contributed by atoms with van der Waals surface area (Å²) < 4.78 is 69.3. The number of alkyl halides is 5. The van der Waals surface area contributed by atoms with E-state index >= 15 is 0 Å². The Morgan fingerprint density at radius 3 is 2.33 bits per heavy atom. The van der Waals surface area contributed by atoms with Crippen molar-refractivity contribution < 1.29 is 31.5 Å². The highest BCUT2D eigenvalue weighted by Crippen LogP contribution is 2.39. The number of esters is 1. The van der Waals surface area contributed by atoms with Crippen molar-refractivity contribution in [2.24, 2.45) is 0 Å². The van der Waals surface area contributed by atoms with Crippen molar-refractivity contribution in [1.82, 2.24) is 4.98 Å². The minimum atomic E-state index is -5.03. The monoisotopic (exact) mass is 329 g/mol. The fourth-order valence-electron chi connectivity index (χ4n) is 1.77. The van der Waals surface area contributed by atoms with Crippen LogP contribution in [-0.4, -0.2) is 23.8 Å². The van der Waals surface area contributed by atoms with Crippen LogP contribution in [0.4, 0.5) is 22.0 Å². The van der Waals surface area contributed by atoms with Gasteiger partial charge in [0.25, 0.3) is 6.43 Å². The number of carbonyl (C=O) groups excluding carboxylic acids is 1. The molecule has 0 saturated carbocycles. The van der Waals surface area contributed by atoms with Crippen molar-refractivity contribution in [2.75, 3.05) is 12.9 Å². The van der Waals surface area contributed by atoms with Gasteiger partial charge in [0.15, 0.2) is 5.69 Å². The van der Waals surface area contributed by atoms with Gasteiger partial charge in [-0.25, -0.2) is 18.6 Å². The Hall–Kier alpha value is -1.38. The third-order valence-electron chi connectivity index (χ3n) is 2.58. The van der Waals surface area contributed by atoms with Gasteiger partial charge in [-0.2, -0.15) is 13.2 Å². The number of thioether (sulfide) groups is 1. The summed E-state index contributed by atoms with van der Waals surface area (Å²) in [5.74, 6) is -1.23. The molecule has 0 saturated heterocycles. The maximum atomic E-state index is 13.0. The van der Waals surface area contributed by atoms with E-state index in [1.54, 1.807) is 0 Å². The molecule has 0 atom stereocenters. The van der Waals surface area contributed by atoms with Crippen LogP contribution >= 0.6 is 11.8 Å². The van der Waals surface area contributed by atoms with Gasteiger partial charge in [-0.1, -0.05) is 0 Å². The normalized spacial score (nSPS) is 11.9. The lowest BCUT2D eigenvalue weighted by Crippen LogP contribution is -2.21. The van der Waals surface area contributed by atoms with Crippen LogP contribution in [-0.2, 0) is 10.9 Å². The number of hydrogen-bond acceptors (Lipinski definition) is 4. The molecule has 1 aromatic rings. The summed E-state index contributed by atoms with van der Waals surface area (Å²) in [5, 5.41) is 0. The maximum Gasteiger partial charge on any atom is 0.434 e. The highest BCUT2D eigenvalue weighted by atomic mass is 32.2. The maximum absolute atomic E-state index is 13.0. The zero-order chi connectivity index (χ0) is 16.4. The summed E-state index contributed by atoms with van der Waals surface area (Å²) in [6.45, 7) is 2.46. The second kappa shape index (κ2) is 6.59. The van der Waals surface area contributed by atoms with E-state index in [0.29, 0.717) is 0 Å². The fourth-order valence-corrected chi connectivity index (χ4v) is 2.53. The number of halogens is 5. The topological polar surface area (TPSA) is 39.2 Å². The van der Waals surface area contributed by atoms with Gasteiger partial charge in [-0.05, 0) is 25.7 Å². The van der Waals surface area contributed by atoms with E-state index in [4.69, 9.17) is 0 Å². The number of rotatable bonds is 4. The molecule has 9 heteroatoms. The molecule has 118 valence electrons. The summed E-state index contributed by atoms with van der Waals surface area (Å²) in [6, 6.07) is 0. The van der Waals surface area contributed by atoms with Crippen LogP contribution in [0.3, 0.4) is 0 Å². The van der Waals surface area contributed by atoms with Gasteiger partial charge in [-0.3, -0.25) is 0 Å². The Bertz CT molecular complexity index is 545. The first-order chi connectivity index (χ1) is 9.65. The van der Waals surface area contributed by atoms with Crippen LogP contribution in [0.15, 0.2) is 4.90 Å². The third kappa shape index (κ3) is 3.63. The van der Waals surface area contributed by atoms with Crippen LogP contribution in [0.1, 0.15) is 40.7 Å². The summed E-state index contributed by atoms with van der Waals surface area (Å²) in [6.07, 6.45) is -6.80. The minimum Gasteiger partial charge on any atom is -0.462 e. The first-order valence-corrected chi connectivity index (χ1v) is 6.98. The Morgan fingerprint density at radius 2 is 1.95 bits per heavy atom. The molecule has 0 aliphatic rings. The summed E-state index contributed by atoms with van der Waals surface area (Å²) in [7, 11) is 0. The molecule has 0 spiro atoms. The zero-order valence-corrected chi connectivity index (χ0v) is 12.2. The van der Waals surface area contributed by atoms with E-state index in [9.17, 15) is 26.7 Å². The molecule has 0 aromatic carbocycles. The molecule has 0 amide bonds. The average Bonchev–Trinajstić information content (AvgIpc) is 2.36. The molecular weight excluding hydrogens is 317 g/mol. The van der Waals surface area contributed by atoms with Crippen molar-refractivity contribution in [1.29, 1.82) is 0 Å². The summed E-state index contributed by atoms with van der Waals surface area (Å²) in [4.78, 5) is 14.6. The van der Waals surface area contributed by atoms with Crippen LogP contribution in [0.2, 0.25) is 0 Å². The van der Waals surface area contributed by atoms with Crippen LogP contribution in [0.5, 0.6) is 0 Å². The molecule has 0 radical (unpaired) electrons. The second-order valence-electron chi connectivity index (χ2n) is 3.90. The number of pyridine rings is 1. The Kier molecular flexibility index (Phi) is 5.54. The van der Waals surface area contributed by atoms with E-state index in [1.807, 2.05) is 0 Å². The number of carbonyl (C=O) groups is 1. The Morgan fingerprint density at radius 1 is 1.38 bits per heavy atom. The van der Waals surface area contributed by atoms with Gasteiger partial charge in [0.05, 0.1) is 12.2 Å². The van der Waals surface area contributed by atoms with Gasteiger partial charge in [0.1, 0.15) is 5.69 Å². The van der Waals surface area contributed by atoms with Crippen molar-refractivity contribution in [3.05, 3.63) is 22.5 Å². The van der Waals surface area contributed by atoms with Crippen LogP contribution in [0, 0.1) is 6.92 Å². The van der Waals surface area contributed by atoms with E-state index in [2.05, 4.69) is 9.72 Å². The van der Waals surface area contributed by atoms with Crippen molar-refractivity contribution in [3.8, 4) is 0 Å². The number of hydrogen-bond donors (Lipinski definition) is 0. The first kappa shape index (κ1) is 17.7. The number of nitrogens with zero attached hydrogens (tertiary/aromatic N) is 1. The lowest BCUT2D eigenvalue weighted by Gasteiger charge is -2.18. The van der Waals surface area contributed by atoms with E-state index < -0.39 is 35.5 Å². The fraction of sp³-hybridized carbons (Fsp3) is 0.500. The molecular formula is C12H12F5NO2S. The molecule has 0 unspecified atom stereocenters. The molecule has 0 bridgehead atoms. The van der Waals surface area contributed by atoms with E-state index in [-0.39, 0.29) is 17.1 Å². The van der Waals surface area contributed by atoms with Crippen LogP contribution in [0.25, 0.3) is 0 Å². The molecule has 0 fully saturated rings. The Balaban J connectivity index is 3.71. The molecule has 1 aromatic heterocycles. The molecule has 1 rings (SSSR count). The average molecular weight is 329 g/mol. The molecule has 1 heterocycles. The standard InChI is InChI=1S/C12H12F5NO2S/c1-4-20-11(19)6-5(2)8(21-3)7(10(13)14)18-9(6)12(15,16)17/h10H,4H2,1-3H3. The number of ether oxygens (including phenoxy) is 1. The molecule has 3 nitrogen and oxygen atoms in total. The minimum absolute atomic E-state index is 0.138. The zero-order valence-electron chi connectivity index (χ0n) is 11.3. The van der Waals surface area contributed by atoms with Gasteiger partial charge >= 0.3 is 12.1 Å². The Labute approximate surface area is 121 Å². The van der Waals surface area contributed by atoms with Crippen molar-refractivity contribution in [3.63, 3.8) is 0 Å². The van der Waals surface area contributed by atoms with Gasteiger partial charge in [0, 0.05) is 4.90 Å². The van der Waals surface area contributed by atoms with Gasteiger partial charge < -0.3 is 4.74 Å². The smallest absolute Gasteiger partial charge is 0.434 e. The predicted molar refractivity (Wildman–Crippen MR) is 66.7 cm³/mol. The molecule has 21 heavy (non-hydrogen) atoms. The predicted octanol–water partition coefficient (Wildman–Crippen LogP) is 4.25. The largest absolute Gasteiger partial charge is 0.462 e. The highest BCUT2D eigenvalue weighted by Gasteiger charge is 2.41. The number of aromatic nitrogens is 1. The van der Waals surface area contributed by atoms with E-state index in [0.717, 1.165) is 11.8 Å². The molecule has 0 aliphatic heterocycles. The molecule has 0 aliphatic carbocycles. The lowest BCUT2D eigenvalue weighted by atomic mass is 10.1. The summed E-state index contributed by atoms with van der Waals surface area (Å²) in [5.41, 5.74) is -3.66. The van der Waals surface area contributed by atoms with Crippen molar-refractivity contribution in [2.45, 2.75) is 31.3 Å². The van der Waals surface area contributed by atoms with E-state index in [1.165, 1.54) is 20.1 Å². The second-order valence-corrected chi connectivity index (χ2v) is 4.71. The highest BCUT2D eigenvalue weighted by molar-refractivity contribution is 7.98. The molecule has 0 N–H and O–H groups in total. The van der Waals surface area contributed by atoms with Crippen molar-refractivity contribution >= 4 is 17.7 Å². The van der Waals surface area contributed by atoms with Gasteiger partial charge in [0.2, 0.25) is 0 Å². The lowest BCUT2D eigenvalue weighted by molar-refractivity contribution is -0.142. The SMILES string of the molecule is CCOC(=O)c1c(C(F)(F)F)nc(C(F)F)c(SC)c1C.